The number of ether oxygens (including phenoxy) is 1. The lowest BCUT2D eigenvalue weighted by molar-refractivity contribution is 0.101. The minimum atomic E-state index is -3.43. The SMILES string of the molecule is COc1ccc(C(=O)[C@@H](Br)S(C)(=O)=O)cc1. The maximum atomic E-state index is 11.7. The van der Waals surface area contributed by atoms with Crippen LogP contribution in [0, 0.1) is 0 Å². The number of ketones is 1. The predicted octanol–water partition coefficient (Wildman–Crippen LogP) is 1.64. The molecular weight excluding hydrogens is 296 g/mol. The second-order valence-corrected chi connectivity index (χ2v) is 6.89. The molecular formula is C10H11BrO4S. The van der Waals surface area contributed by atoms with Gasteiger partial charge in [0.15, 0.2) is 19.8 Å². The fourth-order valence-corrected chi connectivity index (χ4v) is 1.87. The molecule has 1 atom stereocenters. The first-order chi connectivity index (χ1) is 7.36. The number of sulfone groups is 1. The molecule has 0 bridgehead atoms. The van der Waals surface area contributed by atoms with Crippen LogP contribution in [0.4, 0.5) is 0 Å². The Hall–Kier alpha value is -0.880. The van der Waals surface area contributed by atoms with Crippen molar-refractivity contribution in [3.63, 3.8) is 0 Å². The first-order valence-corrected chi connectivity index (χ1v) is 7.24. The Morgan fingerprint density at radius 2 is 1.81 bits per heavy atom. The molecule has 0 N–H and O–H groups in total. The van der Waals surface area contributed by atoms with Crippen LogP contribution < -0.4 is 4.74 Å². The van der Waals surface area contributed by atoms with Gasteiger partial charge in [0.05, 0.1) is 7.11 Å². The number of halogens is 1. The van der Waals surface area contributed by atoms with Gasteiger partial charge in [-0.25, -0.2) is 8.42 Å². The van der Waals surface area contributed by atoms with E-state index in [4.69, 9.17) is 4.74 Å². The third-order valence-electron chi connectivity index (χ3n) is 1.96. The van der Waals surface area contributed by atoms with E-state index in [-0.39, 0.29) is 0 Å². The number of carbonyl (C=O) groups is 1. The lowest BCUT2D eigenvalue weighted by Gasteiger charge is -2.07. The smallest absolute Gasteiger partial charge is 0.191 e. The van der Waals surface area contributed by atoms with Crippen LogP contribution in [0.5, 0.6) is 5.75 Å². The zero-order chi connectivity index (χ0) is 12.3. The van der Waals surface area contributed by atoms with Gasteiger partial charge < -0.3 is 4.74 Å². The van der Waals surface area contributed by atoms with Gasteiger partial charge in [-0.05, 0) is 24.3 Å². The van der Waals surface area contributed by atoms with E-state index in [9.17, 15) is 13.2 Å². The van der Waals surface area contributed by atoms with Crippen LogP contribution in [0.25, 0.3) is 0 Å². The molecule has 0 saturated heterocycles. The normalized spacial score (nSPS) is 13.2. The fraction of sp³-hybridized carbons (Fsp3) is 0.300. The molecule has 1 aromatic carbocycles. The van der Waals surface area contributed by atoms with Crippen molar-refractivity contribution >= 4 is 31.6 Å². The summed E-state index contributed by atoms with van der Waals surface area (Å²) in [7, 11) is -1.92. The van der Waals surface area contributed by atoms with Gasteiger partial charge in [0, 0.05) is 11.8 Å². The average Bonchev–Trinajstić information content (AvgIpc) is 2.26. The Labute approximate surface area is 103 Å². The van der Waals surface area contributed by atoms with Crippen LogP contribution in [0.3, 0.4) is 0 Å². The molecule has 1 rings (SSSR count). The number of alkyl halides is 1. The highest BCUT2D eigenvalue weighted by Crippen LogP contribution is 2.18. The highest BCUT2D eigenvalue weighted by atomic mass is 79.9. The van der Waals surface area contributed by atoms with Gasteiger partial charge in [0.25, 0.3) is 0 Å². The second-order valence-electron chi connectivity index (χ2n) is 3.24. The Bertz CT molecular complexity index is 478. The zero-order valence-corrected chi connectivity index (χ0v) is 11.2. The molecule has 0 saturated carbocycles. The first-order valence-electron chi connectivity index (χ1n) is 4.37. The summed E-state index contributed by atoms with van der Waals surface area (Å²) in [6.45, 7) is 0. The summed E-state index contributed by atoms with van der Waals surface area (Å²) in [6, 6.07) is 6.27. The molecule has 0 aliphatic rings. The van der Waals surface area contributed by atoms with Gasteiger partial charge in [0.2, 0.25) is 0 Å². The summed E-state index contributed by atoms with van der Waals surface area (Å²) in [5.41, 5.74) is 0.327. The number of rotatable bonds is 4. The molecule has 0 fully saturated rings. The van der Waals surface area contributed by atoms with Gasteiger partial charge >= 0.3 is 0 Å². The lowest BCUT2D eigenvalue weighted by Crippen LogP contribution is -2.23. The van der Waals surface area contributed by atoms with Crippen molar-refractivity contribution < 1.29 is 17.9 Å². The van der Waals surface area contributed by atoms with Crippen molar-refractivity contribution in [2.75, 3.05) is 13.4 Å². The summed E-state index contributed by atoms with van der Waals surface area (Å²) >= 11 is 2.87. The molecule has 0 spiro atoms. The minimum absolute atomic E-state index is 0.327. The van der Waals surface area contributed by atoms with E-state index in [1.807, 2.05) is 0 Å². The van der Waals surface area contributed by atoms with Crippen LogP contribution in [-0.4, -0.2) is 31.7 Å². The van der Waals surface area contributed by atoms with Crippen LogP contribution in [0.2, 0.25) is 0 Å². The number of methoxy groups -OCH3 is 1. The van der Waals surface area contributed by atoms with Gasteiger partial charge in [-0.1, -0.05) is 15.9 Å². The molecule has 1 aromatic rings. The first kappa shape index (κ1) is 13.2. The number of hydrogen-bond acceptors (Lipinski definition) is 4. The Morgan fingerprint density at radius 3 is 2.19 bits per heavy atom. The van der Waals surface area contributed by atoms with Crippen molar-refractivity contribution in [3.8, 4) is 5.75 Å². The minimum Gasteiger partial charge on any atom is -0.497 e. The summed E-state index contributed by atoms with van der Waals surface area (Å²) in [6.07, 6.45) is 1.01. The third kappa shape index (κ3) is 3.05. The maximum absolute atomic E-state index is 11.7. The number of Topliss-reactive ketones (excluding diaryl/α,β-unsaturated/α-hetero) is 1. The maximum Gasteiger partial charge on any atom is 0.191 e. The highest BCUT2D eigenvalue weighted by Gasteiger charge is 2.26. The number of hydrogen-bond donors (Lipinski definition) is 0. The van der Waals surface area contributed by atoms with E-state index in [0.717, 1.165) is 6.26 Å². The fourth-order valence-electron chi connectivity index (χ4n) is 1.08. The molecule has 0 radical (unpaired) electrons. The van der Waals surface area contributed by atoms with E-state index in [1.165, 1.54) is 19.2 Å². The summed E-state index contributed by atoms with van der Waals surface area (Å²) in [4.78, 5) is 11.7. The quantitative estimate of drug-likeness (QED) is 0.627. The summed E-state index contributed by atoms with van der Waals surface area (Å²) < 4.78 is 26.1. The predicted molar refractivity (Wildman–Crippen MR) is 64.9 cm³/mol. The lowest BCUT2D eigenvalue weighted by atomic mass is 10.1. The van der Waals surface area contributed by atoms with Gasteiger partial charge in [-0.2, -0.15) is 0 Å². The van der Waals surface area contributed by atoms with Crippen LogP contribution >= 0.6 is 15.9 Å². The zero-order valence-electron chi connectivity index (χ0n) is 8.81. The second kappa shape index (κ2) is 4.97. The molecule has 0 aliphatic carbocycles. The third-order valence-corrected chi connectivity index (χ3v) is 5.38. The Morgan fingerprint density at radius 1 is 1.31 bits per heavy atom. The standard InChI is InChI=1S/C10H11BrO4S/c1-15-8-5-3-7(4-6-8)9(12)10(11)16(2,13)14/h3-6,10H,1-2H3/t10-/m0/s1. The van der Waals surface area contributed by atoms with Gasteiger partial charge in [-0.3, -0.25) is 4.79 Å². The van der Waals surface area contributed by atoms with Crippen LogP contribution in [0.15, 0.2) is 24.3 Å². The molecule has 0 unspecified atom stereocenters. The molecule has 16 heavy (non-hydrogen) atoms. The van der Waals surface area contributed by atoms with E-state index >= 15 is 0 Å². The van der Waals surface area contributed by atoms with Crippen molar-refractivity contribution in [2.24, 2.45) is 0 Å². The summed E-state index contributed by atoms with van der Waals surface area (Å²) in [5.74, 6) is 0.132. The molecule has 4 nitrogen and oxygen atoms in total. The van der Waals surface area contributed by atoms with Crippen molar-refractivity contribution in [1.29, 1.82) is 0 Å². The summed E-state index contributed by atoms with van der Waals surface area (Å²) in [5, 5.41) is 0. The van der Waals surface area contributed by atoms with E-state index in [0.29, 0.717) is 11.3 Å². The van der Waals surface area contributed by atoms with Crippen LogP contribution in [-0.2, 0) is 9.84 Å². The van der Waals surface area contributed by atoms with E-state index in [2.05, 4.69) is 15.9 Å². The van der Waals surface area contributed by atoms with Crippen molar-refractivity contribution in [3.05, 3.63) is 29.8 Å². The Kier molecular flexibility index (Phi) is 4.09. The van der Waals surface area contributed by atoms with Crippen molar-refractivity contribution in [1.82, 2.24) is 0 Å². The molecule has 6 heteroatoms. The van der Waals surface area contributed by atoms with E-state index < -0.39 is 19.8 Å². The molecule has 0 aromatic heterocycles. The topological polar surface area (TPSA) is 60.4 Å². The van der Waals surface area contributed by atoms with Gasteiger partial charge in [-0.15, -0.1) is 0 Å². The molecule has 0 amide bonds. The Balaban J connectivity index is 2.97. The largest absolute Gasteiger partial charge is 0.497 e. The van der Waals surface area contributed by atoms with E-state index in [1.54, 1.807) is 12.1 Å². The average molecular weight is 307 g/mol. The number of benzene rings is 1. The number of carbonyl (C=O) groups excluding carboxylic acids is 1. The molecule has 0 heterocycles. The van der Waals surface area contributed by atoms with Gasteiger partial charge in [0.1, 0.15) is 5.75 Å². The monoisotopic (exact) mass is 306 g/mol. The van der Waals surface area contributed by atoms with Crippen LogP contribution in [0.1, 0.15) is 10.4 Å². The highest BCUT2D eigenvalue weighted by molar-refractivity contribution is 9.11. The van der Waals surface area contributed by atoms with Crippen molar-refractivity contribution in [2.45, 2.75) is 4.16 Å². The molecule has 88 valence electrons. The molecule has 0 aliphatic heterocycles.